The van der Waals surface area contributed by atoms with Gasteiger partial charge in [-0.05, 0) is 23.1 Å². The first-order chi connectivity index (χ1) is 14.6. The second kappa shape index (κ2) is 8.80. The molecular weight excluding hydrogens is 402 g/mol. The number of hydrogen-bond donors (Lipinski definition) is 1. The van der Waals surface area contributed by atoms with Crippen molar-refractivity contribution in [2.24, 2.45) is 0 Å². The fourth-order valence-corrected chi connectivity index (χ4v) is 3.29. The lowest BCUT2D eigenvalue weighted by molar-refractivity contribution is -0.119. The largest absolute Gasteiger partial charge is 0.452 e. The van der Waals surface area contributed by atoms with E-state index in [1.54, 1.807) is 23.0 Å². The van der Waals surface area contributed by atoms with Crippen molar-refractivity contribution >= 4 is 39.9 Å². The van der Waals surface area contributed by atoms with E-state index in [1.165, 1.54) is 6.20 Å². The molecule has 0 unspecified atom stereocenters. The molecule has 0 bridgehead atoms. The van der Waals surface area contributed by atoms with Crippen molar-refractivity contribution in [3.05, 3.63) is 95.3 Å². The molecular formula is C23H18ClN3O3. The highest BCUT2D eigenvalue weighted by molar-refractivity contribution is 6.31. The summed E-state index contributed by atoms with van der Waals surface area (Å²) in [6.45, 7) is 0.0340. The number of carbonyl (C=O) groups excluding carboxylic acids is 2. The number of nitrogens with zero attached hydrogens (tertiary/aromatic N) is 2. The van der Waals surface area contributed by atoms with E-state index in [0.29, 0.717) is 17.3 Å². The highest BCUT2D eigenvalue weighted by Crippen LogP contribution is 2.22. The van der Waals surface area contributed by atoms with Gasteiger partial charge in [0.05, 0.1) is 18.3 Å². The predicted octanol–water partition coefficient (Wildman–Crippen LogP) is 4.53. The molecule has 4 aromatic rings. The maximum Gasteiger partial charge on any atom is 0.341 e. The Morgan fingerprint density at radius 1 is 1.00 bits per heavy atom. The van der Waals surface area contributed by atoms with Gasteiger partial charge < -0.3 is 10.1 Å². The molecule has 0 saturated carbocycles. The molecule has 30 heavy (non-hydrogen) atoms. The van der Waals surface area contributed by atoms with Gasteiger partial charge in [-0.15, -0.1) is 0 Å². The highest BCUT2D eigenvalue weighted by Gasteiger charge is 2.14. The Bertz CT molecular complexity index is 1210. The SMILES string of the molecule is O=C(COC(=O)c1cnn(Cc2ccccc2Cl)c1)Nc1cccc2ccccc12. The zero-order valence-electron chi connectivity index (χ0n) is 15.9. The number of carbonyl (C=O) groups is 2. The number of halogens is 1. The minimum absolute atomic E-state index is 0.264. The molecule has 1 heterocycles. The predicted molar refractivity (Wildman–Crippen MR) is 116 cm³/mol. The van der Waals surface area contributed by atoms with Crippen molar-refractivity contribution in [2.75, 3.05) is 11.9 Å². The maximum atomic E-state index is 12.3. The van der Waals surface area contributed by atoms with Gasteiger partial charge in [-0.2, -0.15) is 5.10 Å². The second-order valence-corrected chi connectivity index (χ2v) is 7.08. The van der Waals surface area contributed by atoms with Crippen LogP contribution in [0.4, 0.5) is 5.69 Å². The lowest BCUT2D eigenvalue weighted by atomic mass is 10.1. The number of amides is 1. The third kappa shape index (κ3) is 4.50. The van der Waals surface area contributed by atoms with E-state index in [9.17, 15) is 9.59 Å². The van der Waals surface area contributed by atoms with Crippen LogP contribution in [0.3, 0.4) is 0 Å². The zero-order valence-corrected chi connectivity index (χ0v) is 16.7. The molecule has 0 fully saturated rings. The van der Waals surface area contributed by atoms with Gasteiger partial charge in [-0.25, -0.2) is 4.79 Å². The number of benzene rings is 3. The van der Waals surface area contributed by atoms with Gasteiger partial charge in [0, 0.05) is 22.3 Å². The summed E-state index contributed by atoms with van der Waals surface area (Å²) in [6.07, 6.45) is 2.97. The summed E-state index contributed by atoms with van der Waals surface area (Å²) in [5, 5.41) is 9.50. The summed E-state index contributed by atoms with van der Waals surface area (Å²) in [4.78, 5) is 24.5. The van der Waals surface area contributed by atoms with E-state index in [0.717, 1.165) is 16.3 Å². The molecule has 3 aromatic carbocycles. The minimum atomic E-state index is -0.617. The number of esters is 1. The third-order valence-corrected chi connectivity index (χ3v) is 4.93. The maximum absolute atomic E-state index is 12.3. The van der Waals surface area contributed by atoms with E-state index in [2.05, 4.69) is 10.4 Å². The highest BCUT2D eigenvalue weighted by atomic mass is 35.5. The fraction of sp³-hybridized carbons (Fsp3) is 0.0870. The normalized spacial score (nSPS) is 10.7. The lowest BCUT2D eigenvalue weighted by Crippen LogP contribution is -2.20. The van der Waals surface area contributed by atoms with Crippen molar-refractivity contribution in [1.29, 1.82) is 0 Å². The van der Waals surface area contributed by atoms with Gasteiger partial charge >= 0.3 is 5.97 Å². The molecule has 0 aliphatic carbocycles. The van der Waals surface area contributed by atoms with E-state index in [4.69, 9.17) is 16.3 Å². The molecule has 150 valence electrons. The molecule has 0 radical (unpaired) electrons. The van der Waals surface area contributed by atoms with Crippen LogP contribution < -0.4 is 5.32 Å². The average Bonchev–Trinajstić information content (AvgIpc) is 3.23. The number of hydrogen-bond acceptors (Lipinski definition) is 4. The first kappa shape index (κ1) is 19.7. The zero-order chi connectivity index (χ0) is 20.9. The Morgan fingerprint density at radius 3 is 2.63 bits per heavy atom. The van der Waals surface area contributed by atoms with Crippen molar-refractivity contribution in [3.8, 4) is 0 Å². The molecule has 7 heteroatoms. The number of nitrogens with one attached hydrogen (secondary N) is 1. The van der Waals surface area contributed by atoms with Crippen LogP contribution in [0.1, 0.15) is 15.9 Å². The molecule has 1 aromatic heterocycles. The molecule has 0 aliphatic rings. The minimum Gasteiger partial charge on any atom is -0.452 e. The monoisotopic (exact) mass is 419 g/mol. The van der Waals surface area contributed by atoms with Gasteiger partial charge in [-0.1, -0.05) is 66.2 Å². The van der Waals surface area contributed by atoms with Crippen LogP contribution in [0.25, 0.3) is 10.8 Å². The first-order valence-electron chi connectivity index (χ1n) is 9.31. The Labute approximate surface area is 178 Å². The van der Waals surface area contributed by atoms with Crippen LogP contribution >= 0.6 is 11.6 Å². The Morgan fingerprint density at radius 2 is 1.77 bits per heavy atom. The number of ether oxygens (including phenoxy) is 1. The molecule has 0 aliphatic heterocycles. The van der Waals surface area contributed by atoms with Gasteiger partial charge in [-0.3, -0.25) is 9.48 Å². The van der Waals surface area contributed by atoms with Crippen LogP contribution in [-0.4, -0.2) is 28.3 Å². The van der Waals surface area contributed by atoms with Crippen LogP contribution in [0, 0.1) is 0 Å². The second-order valence-electron chi connectivity index (χ2n) is 6.67. The topological polar surface area (TPSA) is 73.2 Å². The van der Waals surface area contributed by atoms with Gasteiger partial charge in [0.1, 0.15) is 0 Å². The van der Waals surface area contributed by atoms with Crippen molar-refractivity contribution in [2.45, 2.75) is 6.54 Å². The third-order valence-electron chi connectivity index (χ3n) is 4.56. The van der Waals surface area contributed by atoms with E-state index in [1.807, 2.05) is 54.6 Å². The summed E-state index contributed by atoms with van der Waals surface area (Å²) in [6, 6.07) is 20.8. The van der Waals surface area contributed by atoms with Crippen molar-refractivity contribution < 1.29 is 14.3 Å². The van der Waals surface area contributed by atoms with Gasteiger partial charge in [0.2, 0.25) is 0 Å². The van der Waals surface area contributed by atoms with E-state index >= 15 is 0 Å². The Hall–Kier alpha value is -3.64. The summed E-state index contributed by atoms with van der Waals surface area (Å²) < 4.78 is 6.72. The molecule has 6 nitrogen and oxygen atoms in total. The molecule has 1 N–H and O–H groups in total. The molecule has 0 saturated heterocycles. The number of anilines is 1. The van der Waals surface area contributed by atoms with Crippen LogP contribution in [-0.2, 0) is 16.1 Å². The number of fused-ring (bicyclic) bond motifs is 1. The van der Waals surface area contributed by atoms with Crippen LogP contribution in [0.5, 0.6) is 0 Å². The van der Waals surface area contributed by atoms with Crippen LogP contribution in [0.15, 0.2) is 79.1 Å². The van der Waals surface area contributed by atoms with Crippen molar-refractivity contribution in [1.82, 2.24) is 9.78 Å². The van der Waals surface area contributed by atoms with Crippen molar-refractivity contribution in [3.63, 3.8) is 0 Å². The summed E-state index contributed by atoms with van der Waals surface area (Å²) in [7, 11) is 0. The summed E-state index contributed by atoms with van der Waals surface area (Å²) in [5.41, 5.74) is 1.82. The van der Waals surface area contributed by atoms with Gasteiger partial charge in [0.15, 0.2) is 6.61 Å². The summed E-state index contributed by atoms with van der Waals surface area (Å²) in [5.74, 6) is -1.03. The fourth-order valence-electron chi connectivity index (χ4n) is 3.09. The molecule has 4 rings (SSSR count). The molecule has 1 amide bonds. The Kier molecular flexibility index (Phi) is 5.77. The van der Waals surface area contributed by atoms with E-state index in [-0.39, 0.29) is 5.56 Å². The Balaban J connectivity index is 1.35. The summed E-state index contributed by atoms with van der Waals surface area (Å²) >= 11 is 6.15. The molecule has 0 spiro atoms. The van der Waals surface area contributed by atoms with Crippen LogP contribution in [0.2, 0.25) is 5.02 Å². The lowest BCUT2D eigenvalue weighted by Gasteiger charge is -2.09. The standard InChI is InChI=1S/C23H18ClN3O3/c24-20-10-4-2-7-17(20)13-27-14-18(12-25-27)23(29)30-15-22(28)26-21-11-5-8-16-6-1-3-9-19(16)21/h1-12,14H,13,15H2,(H,26,28). The molecule has 0 atom stereocenters. The van der Waals surface area contributed by atoms with Gasteiger partial charge in [0.25, 0.3) is 5.91 Å². The average molecular weight is 420 g/mol. The number of rotatable bonds is 6. The first-order valence-corrected chi connectivity index (χ1v) is 9.68. The van der Waals surface area contributed by atoms with E-state index < -0.39 is 18.5 Å². The smallest absolute Gasteiger partial charge is 0.341 e. The number of aromatic nitrogens is 2. The quantitative estimate of drug-likeness (QED) is 0.466.